The number of ether oxygens (including phenoxy) is 1. The fourth-order valence-electron chi connectivity index (χ4n) is 3.08. The molecule has 1 fully saturated rings. The van der Waals surface area contributed by atoms with Gasteiger partial charge >= 0.3 is 5.91 Å². The number of nitrogens with zero attached hydrogens (tertiary/aromatic N) is 3. The van der Waals surface area contributed by atoms with E-state index in [1.54, 1.807) is 12.4 Å². The molecule has 2 N–H and O–H groups in total. The lowest BCUT2D eigenvalue weighted by Crippen LogP contribution is -2.62. The summed E-state index contributed by atoms with van der Waals surface area (Å²) in [5.41, 5.74) is 5.65. The van der Waals surface area contributed by atoms with E-state index in [2.05, 4.69) is 9.97 Å². The zero-order chi connectivity index (χ0) is 16.1. The Hall–Kier alpha value is -2.31. The minimum atomic E-state index is -0.0000129. The molecular formula is C17H21N4O2+. The molecule has 120 valence electrons. The van der Waals surface area contributed by atoms with Crippen LogP contribution in [-0.2, 0) is 4.79 Å². The van der Waals surface area contributed by atoms with Gasteiger partial charge in [0.05, 0.1) is 13.1 Å². The third-order valence-corrected chi connectivity index (χ3v) is 4.33. The highest BCUT2D eigenvalue weighted by atomic mass is 16.5. The van der Waals surface area contributed by atoms with Crippen molar-refractivity contribution >= 4 is 11.7 Å². The van der Waals surface area contributed by atoms with Crippen molar-refractivity contribution in [3.8, 4) is 5.88 Å². The predicted molar refractivity (Wildman–Crippen MR) is 87.7 cm³/mol. The van der Waals surface area contributed by atoms with E-state index in [4.69, 9.17) is 10.5 Å². The highest BCUT2D eigenvalue weighted by Crippen LogP contribution is 2.28. The summed E-state index contributed by atoms with van der Waals surface area (Å²) in [5, 5.41) is 0. The molecule has 0 spiro atoms. The van der Waals surface area contributed by atoms with Crippen LogP contribution in [0.3, 0.4) is 0 Å². The van der Waals surface area contributed by atoms with Crippen LogP contribution in [0.5, 0.6) is 5.88 Å². The first-order valence-electron chi connectivity index (χ1n) is 7.84. The van der Waals surface area contributed by atoms with Crippen LogP contribution in [0.4, 0.5) is 5.82 Å². The van der Waals surface area contributed by atoms with Crippen LogP contribution in [0.1, 0.15) is 12.8 Å². The summed E-state index contributed by atoms with van der Waals surface area (Å²) in [6.45, 7) is 1.30. The molecule has 1 saturated heterocycles. The van der Waals surface area contributed by atoms with E-state index in [-0.39, 0.29) is 23.0 Å². The third-order valence-electron chi connectivity index (χ3n) is 4.33. The molecule has 0 bridgehead atoms. The smallest absolute Gasteiger partial charge is 0.333 e. The minimum absolute atomic E-state index is 0.0000129. The van der Waals surface area contributed by atoms with Crippen molar-refractivity contribution in [3.05, 3.63) is 48.8 Å². The third kappa shape index (κ3) is 3.23. The number of hydrogen-bond acceptors (Lipinski definition) is 5. The van der Waals surface area contributed by atoms with E-state index in [1.807, 2.05) is 36.4 Å². The van der Waals surface area contributed by atoms with Gasteiger partial charge in [0.1, 0.15) is 12.6 Å². The molecular weight excluding hydrogens is 292 g/mol. The van der Waals surface area contributed by atoms with Gasteiger partial charge in [-0.3, -0.25) is 0 Å². The second-order valence-corrected chi connectivity index (χ2v) is 5.69. The molecule has 0 atom stereocenters. The molecule has 0 saturated carbocycles. The van der Waals surface area contributed by atoms with E-state index in [1.165, 1.54) is 0 Å². The number of likely N-dealkylation sites (tertiary alicyclic amines) is 1. The van der Waals surface area contributed by atoms with Crippen LogP contribution < -0.4 is 15.0 Å². The molecule has 3 heterocycles. The number of nitrogens with two attached hydrogens (primary N) is 1. The Balaban J connectivity index is 1.74. The molecule has 0 aromatic carbocycles. The van der Waals surface area contributed by atoms with Gasteiger partial charge in [0, 0.05) is 37.4 Å². The van der Waals surface area contributed by atoms with Gasteiger partial charge in [-0.2, -0.15) is 0 Å². The first-order valence-corrected chi connectivity index (χ1v) is 7.84. The predicted octanol–water partition coefficient (Wildman–Crippen LogP) is 1.51. The molecule has 1 aliphatic rings. The average molecular weight is 313 g/mol. The standard InChI is InChI=1S/C17H21N4O2/c18-13-17(22)21(15-5-1-3-9-19-15)11-7-14(8-12-21)23-16-6-2-4-10-20-16/h1-6,9-10,14H,7-8,11-13,18H2/q+1. The topological polar surface area (TPSA) is 78.1 Å². The molecule has 1 amide bonds. The number of quaternary nitrogens is 1. The van der Waals surface area contributed by atoms with Crippen LogP contribution in [-0.4, -0.2) is 41.6 Å². The molecule has 3 rings (SSSR count). The Morgan fingerprint density at radius 1 is 1.13 bits per heavy atom. The Morgan fingerprint density at radius 3 is 2.39 bits per heavy atom. The number of rotatable bonds is 4. The quantitative estimate of drug-likeness (QED) is 0.866. The fourth-order valence-corrected chi connectivity index (χ4v) is 3.08. The summed E-state index contributed by atoms with van der Waals surface area (Å²) in [5.74, 6) is 1.39. The van der Waals surface area contributed by atoms with E-state index in [0.29, 0.717) is 19.0 Å². The molecule has 6 nitrogen and oxygen atoms in total. The highest BCUT2D eigenvalue weighted by Gasteiger charge is 2.43. The zero-order valence-corrected chi connectivity index (χ0v) is 13.0. The summed E-state index contributed by atoms with van der Waals surface area (Å²) in [6, 6.07) is 11.3. The van der Waals surface area contributed by atoms with Crippen molar-refractivity contribution in [2.24, 2.45) is 5.73 Å². The van der Waals surface area contributed by atoms with Crippen molar-refractivity contribution in [3.63, 3.8) is 0 Å². The van der Waals surface area contributed by atoms with Crippen molar-refractivity contribution in [1.29, 1.82) is 0 Å². The number of amides is 1. The van der Waals surface area contributed by atoms with E-state index >= 15 is 0 Å². The first-order chi connectivity index (χ1) is 11.2. The number of aromatic nitrogens is 2. The monoisotopic (exact) mass is 313 g/mol. The number of piperidine rings is 1. The molecule has 1 aliphatic heterocycles. The largest absolute Gasteiger partial charge is 0.474 e. The van der Waals surface area contributed by atoms with Crippen LogP contribution >= 0.6 is 0 Å². The minimum Gasteiger partial charge on any atom is -0.474 e. The second kappa shape index (κ2) is 6.85. The summed E-state index contributed by atoms with van der Waals surface area (Å²) >= 11 is 0. The Kier molecular flexibility index (Phi) is 4.64. The highest BCUT2D eigenvalue weighted by molar-refractivity contribution is 5.89. The molecule has 0 aliphatic carbocycles. The van der Waals surface area contributed by atoms with Gasteiger partial charge in [-0.15, -0.1) is 0 Å². The maximum atomic E-state index is 12.5. The van der Waals surface area contributed by atoms with E-state index in [0.717, 1.165) is 18.7 Å². The fraction of sp³-hybridized carbons (Fsp3) is 0.353. The summed E-state index contributed by atoms with van der Waals surface area (Å²) in [7, 11) is 0. The lowest BCUT2D eigenvalue weighted by atomic mass is 10.0. The van der Waals surface area contributed by atoms with Gasteiger partial charge in [0.15, 0.2) is 0 Å². The lowest BCUT2D eigenvalue weighted by molar-refractivity contribution is -0.130. The molecule has 6 heteroatoms. The molecule has 0 radical (unpaired) electrons. The summed E-state index contributed by atoms with van der Waals surface area (Å²) in [6.07, 6.45) is 5.02. The summed E-state index contributed by atoms with van der Waals surface area (Å²) < 4.78 is 6.12. The Labute approximate surface area is 135 Å². The van der Waals surface area contributed by atoms with Gasteiger partial charge in [0.25, 0.3) is 0 Å². The lowest BCUT2D eigenvalue weighted by Gasteiger charge is -2.39. The molecule has 23 heavy (non-hydrogen) atoms. The van der Waals surface area contributed by atoms with Crippen LogP contribution in [0.15, 0.2) is 48.8 Å². The van der Waals surface area contributed by atoms with Crippen molar-refractivity contribution in [1.82, 2.24) is 14.5 Å². The van der Waals surface area contributed by atoms with Gasteiger partial charge < -0.3 is 10.5 Å². The van der Waals surface area contributed by atoms with Crippen LogP contribution in [0.2, 0.25) is 0 Å². The van der Waals surface area contributed by atoms with Gasteiger partial charge in [-0.25, -0.2) is 19.2 Å². The Morgan fingerprint density at radius 2 is 1.83 bits per heavy atom. The maximum Gasteiger partial charge on any atom is 0.333 e. The number of carbonyl (C=O) groups is 1. The van der Waals surface area contributed by atoms with Crippen molar-refractivity contribution in [2.45, 2.75) is 18.9 Å². The Bertz CT molecular complexity index is 640. The van der Waals surface area contributed by atoms with E-state index in [9.17, 15) is 4.79 Å². The van der Waals surface area contributed by atoms with Crippen molar-refractivity contribution in [2.75, 3.05) is 19.6 Å². The second-order valence-electron chi connectivity index (χ2n) is 5.69. The zero-order valence-electron chi connectivity index (χ0n) is 13.0. The van der Waals surface area contributed by atoms with Crippen LogP contribution in [0, 0.1) is 0 Å². The van der Waals surface area contributed by atoms with Gasteiger partial charge in [-0.05, 0) is 12.1 Å². The normalized spacial score (nSPS) is 24.1. The van der Waals surface area contributed by atoms with Crippen molar-refractivity contribution < 1.29 is 9.53 Å². The first kappa shape index (κ1) is 15.6. The maximum absolute atomic E-state index is 12.5. The van der Waals surface area contributed by atoms with Gasteiger partial charge in [-0.1, -0.05) is 12.1 Å². The SMILES string of the molecule is NCC(=O)[N+]1(c2ccccn2)CCC(Oc2ccccn2)CC1. The molecule has 2 aromatic rings. The van der Waals surface area contributed by atoms with E-state index < -0.39 is 0 Å². The summed E-state index contributed by atoms with van der Waals surface area (Å²) in [4.78, 5) is 21.1. The molecule has 0 unspecified atom stereocenters. The van der Waals surface area contributed by atoms with Gasteiger partial charge in [0.2, 0.25) is 11.7 Å². The number of pyridine rings is 2. The van der Waals surface area contributed by atoms with Crippen LogP contribution in [0.25, 0.3) is 0 Å². The molecule has 2 aromatic heterocycles. The number of hydrogen-bond donors (Lipinski definition) is 1. The number of carbonyl (C=O) groups excluding carboxylic acids is 1. The average Bonchev–Trinajstić information content (AvgIpc) is 2.63.